The third kappa shape index (κ3) is 5.84. The number of guanidine groups is 1. The van der Waals surface area contributed by atoms with Crippen molar-refractivity contribution in [2.75, 3.05) is 18.5 Å². The van der Waals surface area contributed by atoms with E-state index in [0.717, 1.165) is 17.8 Å². The Morgan fingerprint density at radius 3 is 2.55 bits per heavy atom. The van der Waals surface area contributed by atoms with E-state index in [9.17, 15) is 8.78 Å². The fourth-order valence-electron chi connectivity index (χ4n) is 1.62. The van der Waals surface area contributed by atoms with E-state index in [2.05, 4.69) is 10.3 Å². The molecule has 0 atom stereocenters. The fraction of sp³-hybridized carbons (Fsp3) is 0.133. The average Bonchev–Trinajstić information content (AvgIpc) is 2.46. The molecule has 22 heavy (non-hydrogen) atoms. The van der Waals surface area contributed by atoms with Crippen molar-refractivity contribution in [3.63, 3.8) is 0 Å². The van der Waals surface area contributed by atoms with Crippen molar-refractivity contribution < 1.29 is 13.5 Å². The first-order chi connectivity index (χ1) is 10.1. The Labute approximate surface area is 144 Å². The summed E-state index contributed by atoms with van der Waals surface area (Å²) in [7, 11) is 0. The molecule has 2 aromatic carbocycles. The lowest BCUT2D eigenvalue weighted by Crippen LogP contribution is -2.23. The molecule has 0 aromatic heterocycles. The molecular formula is C15H16F2IN3O. The molecule has 0 fully saturated rings. The molecule has 0 unspecified atom stereocenters. The zero-order valence-corrected chi connectivity index (χ0v) is 14.0. The second-order valence-corrected chi connectivity index (χ2v) is 4.18. The second-order valence-electron chi connectivity index (χ2n) is 4.18. The molecule has 0 bridgehead atoms. The first-order valence-electron chi connectivity index (χ1n) is 6.35. The van der Waals surface area contributed by atoms with Crippen LogP contribution in [0.3, 0.4) is 0 Å². The number of hydrogen-bond acceptors (Lipinski definition) is 2. The molecule has 3 N–H and O–H groups in total. The predicted molar refractivity (Wildman–Crippen MR) is 93.8 cm³/mol. The van der Waals surface area contributed by atoms with E-state index in [1.54, 1.807) is 0 Å². The minimum atomic E-state index is -0.741. The number of halogens is 3. The van der Waals surface area contributed by atoms with Crippen molar-refractivity contribution in [3.8, 4) is 5.75 Å². The van der Waals surface area contributed by atoms with Crippen LogP contribution in [0.2, 0.25) is 0 Å². The van der Waals surface area contributed by atoms with Crippen molar-refractivity contribution in [1.29, 1.82) is 0 Å². The van der Waals surface area contributed by atoms with E-state index in [1.165, 1.54) is 6.07 Å². The first kappa shape index (κ1) is 18.1. The van der Waals surface area contributed by atoms with E-state index >= 15 is 0 Å². The van der Waals surface area contributed by atoms with Gasteiger partial charge in [-0.15, -0.1) is 24.0 Å². The van der Waals surface area contributed by atoms with Crippen LogP contribution in [0.4, 0.5) is 14.5 Å². The number of nitrogens with two attached hydrogens (primary N) is 1. The maximum atomic E-state index is 13.3. The summed E-state index contributed by atoms with van der Waals surface area (Å²) >= 11 is 0. The minimum Gasteiger partial charge on any atom is -0.489 e. The van der Waals surface area contributed by atoms with Crippen LogP contribution in [-0.2, 0) is 0 Å². The highest BCUT2D eigenvalue weighted by Gasteiger charge is 2.04. The Balaban J connectivity index is 0.00000242. The van der Waals surface area contributed by atoms with E-state index in [4.69, 9.17) is 10.5 Å². The second kappa shape index (κ2) is 9.19. The van der Waals surface area contributed by atoms with Crippen LogP contribution in [0.25, 0.3) is 0 Å². The van der Waals surface area contributed by atoms with E-state index < -0.39 is 11.6 Å². The van der Waals surface area contributed by atoms with Crippen LogP contribution in [0.1, 0.15) is 0 Å². The normalized spacial score (nSPS) is 10.7. The Morgan fingerprint density at radius 1 is 1.14 bits per heavy atom. The van der Waals surface area contributed by atoms with Gasteiger partial charge >= 0.3 is 0 Å². The van der Waals surface area contributed by atoms with Gasteiger partial charge in [0.15, 0.2) is 17.5 Å². The number of benzene rings is 2. The van der Waals surface area contributed by atoms with Gasteiger partial charge in [0.2, 0.25) is 0 Å². The maximum Gasteiger partial charge on any atom is 0.193 e. The Bertz CT molecular complexity index is 623. The monoisotopic (exact) mass is 419 g/mol. The highest BCUT2D eigenvalue weighted by atomic mass is 127. The molecule has 0 aliphatic carbocycles. The third-order valence-corrected chi connectivity index (χ3v) is 2.57. The lowest BCUT2D eigenvalue weighted by atomic mass is 10.3. The number of aliphatic imine (C=N–C) groups is 1. The molecular weight excluding hydrogens is 403 g/mol. The molecule has 0 saturated carbocycles. The van der Waals surface area contributed by atoms with Gasteiger partial charge in [-0.1, -0.05) is 18.2 Å². The topological polar surface area (TPSA) is 59.6 Å². The molecule has 0 radical (unpaired) electrons. The quantitative estimate of drug-likeness (QED) is 0.338. The van der Waals surface area contributed by atoms with Crippen molar-refractivity contribution in [3.05, 3.63) is 60.2 Å². The Hall–Kier alpha value is -1.90. The summed E-state index contributed by atoms with van der Waals surface area (Å²) in [5.74, 6) is -1.16. The summed E-state index contributed by atoms with van der Waals surface area (Å²) in [6.07, 6.45) is 0. The molecule has 0 spiro atoms. The SMILES string of the molecule is I.NC(=NCCOc1ccc(F)cc1F)Nc1ccccc1. The molecule has 0 saturated heterocycles. The Kier molecular flexibility index (Phi) is 7.58. The standard InChI is InChI=1S/C15H15F2N3O.HI/c16-11-6-7-14(13(17)10-11)21-9-8-19-15(18)20-12-4-2-1-3-5-12;/h1-7,10H,8-9H2,(H3,18,19,20);1H. The van der Waals surface area contributed by atoms with Gasteiger partial charge in [0.05, 0.1) is 6.54 Å². The van der Waals surface area contributed by atoms with Gasteiger partial charge in [-0.3, -0.25) is 0 Å². The number of hydrogen-bond donors (Lipinski definition) is 2. The van der Waals surface area contributed by atoms with Gasteiger partial charge in [0, 0.05) is 11.8 Å². The summed E-state index contributed by atoms with van der Waals surface area (Å²) < 4.78 is 31.2. The van der Waals surface area contributed by atoms with Gasteiger partial charge in [-0.25, -0.2) is 13.8 Å². The zero-order valence-electron chi connectivity index (χ0n) is 11.6. The largest absolute Gasteiger partial charge is 0.489 e. The van der Waals surface area contributed by atoms with Crippen LogP contribution in [-0.4, -0.2) is 19.1 Å². The lowest BCUT2D eigenvalue weighted by molar-refractivity contribution is 0.310. The van der Waals surface area contributed by atoms with Crippen LogP contribution in [0, 0.1) is 11.6 Å². The van der Waals surface area contributed by atoms with Gasteiger partial charge in [0.25, 0.3) is 0 Å². The molecule has 0 aliphatic rings. The smallest absolute Gasteiger partial charge is 0.193 e. The van der Waals surface area contributed by atoms with Crippen LogP contribution in [0.5, 0.6) is 5.75 Å². The number of nitrogens with zero attached hydrogens (tertiary/aromatic N) is 1. The third-order valence-electron chi connectivity index (χ3n) is 2.57. The molecule has 0 aliphatic heterocycles. The van der Waals surface area contributed by atoms with Crippen molar-refractivity contribution in [2.45, 2.75) is 0 Å². The first-order valence-corrected chi connectivity index (χ1v) is 6.35. The van der Waals surface area contributed by atoms with Crippen LogP contribution < -0.4 is 15.8 Å². The number of nitrogens with one attached hydrogen (secondary N) is 1. The lowest BCUT2D eigenvalue weighted by Gasteiger charge is -2.07. The van der Waals surface area contributed by atoms with Crippen molar-refractivity contribution >= 4 is 35.6 Å². The Morgan fingerprint density at radius 2 is 1.86 bits per heavy atom. The molecule has 4 nitrogen and oxygen atoms in total. The number of para-hydroxylation sites is 1. The number of anilines is 1. The zero-order chi connectivity index (χ0) is 15.1. The van der Waals surface area contributed by atoms with Crippen molar-refractivity contribution in [1.82, 2.24) is 0 Å². The molecule has 0 heterocycles. The van der Waals surface area contributed by atoms with Gasteiger partial charge in [-0.05, 0) is 24.3 Å². The highest BCUT2D eigenvalue weighted by molar-refractivity contribution is 14.0. The average molecular weight is 419 g/mol. The summed E-state index contributed by atoms with van der Waals surface area (Å²) in [5.41, 5.74) is 6.52. The summed E-state index contributed by atoms with van der Waals surface area (Å²) in [4.78, 5) is 4.04. The number of rotatable bonds is 5. The summed E-state index contributed by atoms with van der Waals surface area (Å²) in [6, 6.07) is 12.5. The van der Waals surface area contributed by atoms with E-state index in [0.29, 0.717) is 0 Å². The highest BCUT2D eigenvalue weighted by Crippen LogP contribution is 2.17. The predicted octanol–water partition coefficient (Wildman–Crippen LogP) is 3.39. The maximum absolute atomic E-state index is 13.3. The number of ether oxygens (including phenoxy) is 1. The fourth-order valence-corrected chi connectivity index (χ4v) is 1.62. The van der Waals surface area contributed by atoms with E-state index in [1.807, 2.05) is 30.3 Å². The molecule has 2 rings (SSSR count). The van der Waals surface area contributed by atoms with Crippen LogP contribution >= 0.6 is 24.0 Å². The molecule has 7 heteroatoms. The van der Waals surface area contributed by atoms with Gasteiger partial charge in [-0.2, -0.15) is 0 Å². The van der Waals surface area contributed by atoms with E-state index in [-0.39, 0.29) is 48.8 Å². The van der Waals surface area contributed by atoms with Gasteiger partial charge < -0.3 is 15.8 Å². The van der Waals surface area contributed by atoms with Gasteiger partial charge in [0.1, 0.15) is 12.4 Å². The van der Waals surface area contributed by atoms with Crippen LogP contribution in [0.15, 0.2) is 53.5 Å². The summed E-state index contributed by atoms with van der Waals surface area (Å²) in [5, 5.41) is 2.91. The molecule has 2 aromatic rings. The summed E-state index contributed by atoms with van der Waals surface area (Å²) in [6.45, 7) is 0.391. The molecule has 118 valence electrons. The molecule has 0 amide bonds. The minimum absolute atomic E-state index is 0. The van der Waals surface area contributed by atoms with Crippen molar-refractivity contribution in [2.24, 2.45) is 10.7 Å².